The maximum Gasteiger partial charge on any atom is 0.250 e. The molecule has 1 amide bonds. The van der Waals surface area contributed by atoms with E-state index in [4.69, 9.17) is 5.21 Å². The van der Waals surface area contributed by atoms with Gasteiger partial charge in [-0.05, 0) is 29.3 Å². The summed E-state index contributed by atoms with van der Waals surface area (Å²) < 4.78 is 0. The highest BCUT2D eigenvalue weighted by Gasteiger charge is 2.15. The zero-order valence-electron chi connectivity index (χ0n) is 13.2. The maximum absolute atomic E-state index is 12.6. The van der Waals surface area contributed by atoms with E-state index < -0.39 is 11.8 Å². The third-order valence-corrected chi connectivity index (χ3v) is 4.19. The molecule has 0 saturated carbocycles. The van der Waals surface area contributed by atoms with Gasteiger partial charge in [0.05, 0.1) is 5.92 Å². The predicted octanol–water partition coefficient (Wildman–Crippen LogP) is 3.68. The van der Waals surface area contributed by atoms with Crippen LogP contribution in [0.1, 0.15) is 34.3 Å². The molecule has 1 unspecified atom stereocenters. The smallest absolute Gasteiger partial charge is 0.250 e. The van der Waals surface area contributed by atoms with E-state index in [1.165, 1.54) is 0 Å². The molecule has 24 heavy (non-hydrogen) atoms. The zero-order chi connectivity index (χ0) is 17.1. The molecular weight excluding hydrogens is 302 g/mol. The number of nitrogens with one attached hydrogen (secondary N) is 1. The lowest BCUT2D eigenvalue weighted by Gasteiger charge is -2.10. The summed E-state index contributed by atoms with van der Waals surface area (Å²) >= 11 is 0. The van der Waals surface area contributed by atoms with Crippen molar-refractivity contribution < 1.29 is 14.8 Å². The van der Waals surface area contributed by atoms with Gasteiger partial charge in [-0.3, -0.25) is 14.8 Å². The molecule has 2 N–H and O–H groups in total. The SMILES string of the molecule is CC(C(=O)NO)c1ccc(C(=O)c2ccc3ccccc3c2)cc1. The number of ketones is 1. The fourth-order valence-corrected chi connectivity index (χ4v) is 2.67. The Hall–Kier alpha value is -2.98. The quantitative estimate of drug-likeness (QED) is 0.438. The Morgan fingerprint density at radius 1 is 0.875 bits per heavy atom. The van der Waals surface area contributed by atoms with Crippen LogP contribution in [0, 0.1) is 0 Å². The molecule has 3 aromatic rings. The third kappa shape index (κ3) is 3.05. The monoisotopic (exact) mass is 319 g/mol. The molecule has 0 bridgehead atoms. The van der Waals surface area contributed by atoms with E-state index >= 15 is 0 Å². The summed E-state index contributed by atoms with van der Waals surface area (Å²) in [6.07, 6.45) is 0. The molecule has 4 heteroatoms. The van der Waals surface area contributed by atoms with Gasteiger partial charge in [0.15, 0.2) is 5.78 Å². The molecule has 0 radical (unpaired) electrons. The molecule has 3 rings (SSSR count). The Bertz CT molecular complexity index is 900. The van der Waals surface area contributed by atoms with Gasteiger partial charge in [-0.15, -0.1) is 0 Å². The summed E-state index contributed by atoms with van der Waals surface area (Å²) in [7, 11) is 0. The Labute approximate surface area is 139 Å². The number of hydroxylamine groups is 1. The highest BCUT2D eigenvalue weighted by Crippen LogP contribution is 2.20. The minimum atomic E-state index is -0.486. The number of fused-ring (bicyclic) bond motifs is 1. The van der Waals surface area contributed by atoms with Crippen molar-refractivity contribution >= 4 is 22.5 Å². The molecule has 0 saturated heterocycles. The van der Waals surface area contributed by atoms with Crippen LogP contribution in [0.3, 0.4) is 0 Å². The second-order valence-corrected chi connectivity index (χ2v) is 5.71. The summed E-state index contributed by atoms with van der Waals surface area (Å²) in [6.45, 7) is 1.69. The lowest BCUT2D eigenvalue weighted by molar-refractivity contribution is -0.130. The molecule has 0 aliphatic carbocycles. The summed E-state index contributed by atoms with van der Waals surface area (Å²) in [5, 5.41) is 10.8. The molecule has 0 spiro atoms. The number of hydrogen-bond acceptors (Lipinski definition) is 3. The van der Waals surface area contributed by atoms with Crippen LogP contribution in [0.5, 0.6) is 0 Å². The lowest BCUT2D eigenvalue weighted by Crippen LogP contribution is -2.24. The van der Waals surface area contributed by atoms with E-state index in [1.807, 2.05) is 42.5 Å². The van der Waals surface area contributed by atoms with Crippen LogP contribution in [0.15, 0.2) is 66.7 Å². The number of carbonyl (C=O) groups excluding carboxylic acids is 2. The van der Waals surface area contributed by atoms with Gasteiger partial charge in [-0.1, -0.05) is 60.7 Å². The third-order valence-electron chi connectivity index (χ3n) is 4.19. The fourth-order valence-electron chi connectivity index (χ4n) is 2.67. The van der Waals surface area contributed by atoms with Crippen molar-refractivity contribution in [3.63, 3.8) is 0 Å². The van der Waals surface area contributed by atoms with Crippen LogP contribution in [0.4, 0.5) is 0 Å². The molecule has 3 aromatic carbocycles. The minimum Gasteiger partial charge on any atom is -0.289 e. The van der Waals surface area contributed by atoms with Gasteiger partial charge in [0, 0.05) is 11.1 Å². The zero-order valence-corrected chi connectivity index (χ0v) is 13.2. The van der Waals surface area contributed by atoms with Crippen LogP contribution in [-0.4, -0.2) is 16.9 Å². The van der Waals surface area contributed by atoms with Crippen molar-refractivity contribution in [1.29, 1.82) is 0 Å². The van der Waals surface area contributed by atoms with Gasteiger partial charge in [-0.25, -0.2) is 5.48 Å². The van der Waals surface area contributed by atoms with Crippen molar-refractivity contribution in [2.75, 3.05) is 0 Å². The largest absolute Gasteiger partial charge is 0.289 e. The first-order valence-corrected chi connectivity index (χ1v) is 7.67. The number of benzene rings is 3. The molecule has 0 aromatic heterocycles. The Kier molecular flexibility index (Phi) is 4.40. The van der Waals surface area contributed by atoms with Gasteiger partial charge in [0.2, 0.25) is 0 Å². The van der Waals surface area contributed by atoms with Crippen molar-refractivity contribution in [3.05, 3.63) is 83.4 Å². The van der Waals surface area contributed by atoms with Crippen LogP contribution >= 0.6 is 0 Å². The van der Waals surface area contributed by atoms with E-state index in [9.17, 15) is 9.59 Å². The summed E-state index contributed by atoms with van der Waals surface area (Å²) in [6, 6.07) is 20.4. The van der Waals surface area contributed by atoms with Crippen LogP contribution in [-0.2, 0) is 4.79 Å². The van der Waals surface area contributed by atoms with E-state index in [0.29, 0.717) is 11.1 Å². The highest BCUT2D eigenvalue weighted by atomic mass is 16.5. The van der Waals surface area contributed by atoms with E-state index in [0.717, 1.165) is 16.3 Å². The average Bonchev–Trinajstić information content (AvgIpc) is 2.66. The van der Waals surface area contributed by atoms with Crippen molar-refractivity contribution in [2.45, 2.75) is 12.8 Å². The Balaban J connectivity index is 1.87. The second-order valence-electron chi connectivity index (χ2n) is 5.71. The lowest BCUT2D eigenvalue weighted by atomic mass is 9.96. The molecule has 0 aliphatic rings. The van der Waals surface area contributed by atoms with E-state index in [-0.39, 0.29) is 5.78 Å². The molecule has 1 atom stereocenters. The van der Waals surface area contributed by atoms with Gasteiger partial charge in [-0.2, -0.15) is 0 Å². The first kappa shape index (κ1) is 15.9. The summed E-state index contributed by atoms with van der Waals surface area (Å²) in [5.74, 6) is -1.03. The number of carbonyl (C=O) groups is 2. The fraction of sp³-hybridized carbons (Fsp3) is 0.100. The van der Waals surface area contributed by atoms with Crippen molar-refractivity contribution in [3.8, 4) is 0 Å². The van der Waals surface area contributed by atoms with Crippen molar-refractivity contribution in [2.24, 2.45) is 0 Å². The number of hydrogen-bond donors (Lipinski definition) is 2. The first-order chi connectivity index (χ1) is 11.6. The summed E-state index contributed by atoms with van der Waals surface area (Å²) in [5.41, 5.74) is 3.56. The van der Waals surface area contributed by atoms with E-state index in [1.54, 1.807) is 36.7 Å². The normalized spacial score (nSPS) is 11.9. The standard InChI is InChI=1S/C20H17NO3/c1-13(20(23)21-24)14-6-9-16(10-7-14)19(22)18-11-8-15-4-2-3-5-17(15)12-18/h2-13,24H,1H3,(H,21,23). The van der Waals surface area contributed by atoms with Gasteiger partial charge >= 0.3 is 0 Å². The number of rotatable bonds is 4. The summed E-state index contributed by atoms with van der Waals surface area (Å²) in [4.78, 5) is 24.1. The highest BCUT2D eigenvalue weighted by molar-refractivity contribution is 6.10. The minimum absolute atomic E-state index is 0.0634. The van der Waals surface area contributed by atoms with Gasteiger partial charge in [0.1, 0.15) is 0 Å². The van der Waals surface area contributed by atoms with Gasteiger partial charge in [0.25, 0.3) is 5.91 Å². The molecule has 4 nitrogen and oxygen atoms in total. The molecule has 0 heterocycles. The average molecular weight is 319 g/mol. The maximum atomic E-state index is 12.6. The molecule has 0 fully saturated rings. The van der Waals surface area contributed by atoms with Crippen LogP contribution in [0.25, 0.3) is 10.8 Å². The number of amides is 1. The molecule has 0 aliphatic heterocycles. The molecular formula is C20H17NO3. The second kappa shape index (κ2) is 6.64. The molecule has 120 valence electrons. The van der Waals surface area contributed by atoms with Gasteiger partial charge < -0.3 is 0 Å². The topological polar surface area (TPSA) is 66.4 Å². The van der Waals surface area contributed by atoms with Crippen LogP contribution < -0.4 is 5.48 Å². The first-order valence-electron chi connectivity index (χ1n) is 7.67. The Morgan fingerprint density at radius 3 is 2.17 bits per heavy atom. The van der Waals surface area contributed by atoms with Crippen LogP contribution in [0.2, 0.25) is 0 Å². The predicted molar refractivity (Wildman–Crippen MR) is 92.2 cm³/mol. The Morgan fingerprint density at radius 2 is 1.50 bits per heavy atom. The van der Waals surface area contributed by atoms with E-state index in [2.05, 4.69) is 0 Å². The van der Waals surface area contributed by atoms with Crippen molar-refractivity contribution in [1.82, 2.24) is 5.48 Å².